The maximum atomic E-state index is 12.6. The summed E-state index contributed by atoms with van der Waals surface area (Å²) in [6.45, 7) is 0. The lowest BCUT2D eigenvalue weighted by molar-refractivity contribution is -0.110. The van der Waals surface area contributed by atoms with E-state index in [2.05, 4.69) is 10.4 Å². The zero-order valence-electron chi connectivity index (χ0n) is 15.8. The van der Waals surface area contributed by atoms with Crippen molar-refractivity contribution in [2.45, 2.75) is 4.90 Å². The smallest absolute Gasteiger partial charge is 0.256 e. The summed E-state index contributed by atoms with van der Waals surface area (Å²) in [4.78, 5) is 12.5. The Hall–Kier alpha value is -3.69. The van der Waals surface area contributed by atoms with Crippen molar-refractivity contribution in [3.63, 3.8) is 0 Å². The molecule has 2 aromatic carbocycles. The number of furan rings is 1. The Kier molecular flexibility index (Phi) is 3.92. The topological polar surface area (TPSA) is 120 Å². The number of nitrogens with two attached hydrogens (primary N) is 1. The number of amides is 1. The van der Waals surface area contributed by atoms with Crippen molar-refractivity contribution in [2.75, 3.05) is 5.32 Å². The number of fused-ring (bicyclic) bond motifs is 2. The molecule has 0 aliphatic carbocycles. The Bertz CT molecular complexity index is 1440. The predicted octanol–water partition coefficient (Wildman–Crippen LogP) is 2.97. The van der Waals surface area contributed by atoms with Gasteiger partial charge in [0.05, 0.1) is 4.90 Å². The van der Waals surface area contributed by atoms with Gasteiger partial charge in [-0.2, -0.15) is 5.10 Å². The first-order valence-corrected chi connectivity index (χ1v) is 10.6. The summed E-state index contributed by atoms with van der Waals surface area (Å²) < 4.78 is 31.0. The SMILES string of the molecule is Cn1cc(/C=C2\C(=O)Nc3ccc(S(N)(=O)=O)cc32)c(-c2cc3ccccc3o2)n1. The van der Waals surface area contributed by atoms with Crippen LogP contribution >= 0.6 is 0 Å². The molecule has 0 radical (unpaired) electrons. The molecule has 0 saturated carbocycles. The summed E-state index contributed by atoms with van der Waals surface area (Å²) in [5.41, 5.74) is 3.28. The van der Waals surface area contributed by atoms with Crippen LogP contribution in [0.2, 0.25) is 0 Å². The molecule has 5 rings (SSSR count). The van der Waals surface area contributed by atoms with Crippen LogP contribution in [0.1, 0.15) is 11.1 Å². The van der Waals surface area contributed by atoms with E-state index in [-0.39, 0.29) is 10.8 Å². The highest BCUT2D eigenvalue weighted by Gasteiger charge is 2.27. The zero-order chi connectivity index (χ0) is 21.0. The van der Waals surface area contributed by atoms with Crippen LogP contribution in [0.25, 0.3) is 34.1 Å². The Morgan fingerprint density at radius 3 is 2.73 bits per heavy atom. The molecule has 9 heteroatoms. The highest BCUT2D eigenvalue weighted by molar-refractivity contribution is 7.89. The third-order valence-corrected chi connectivity index (χ3v) is 5.83. The van der Waals surface area contributed by atoms with Gasteiger partial charge in [-0.3, -0.25) is 9.48 Å². The quantitative estimate of drug-likeness (QED) is 0.494. The van der Waals surface area contributed by atoms with Crippen LogP contribution in [0.5, 0.6) is 0 Å². The van der Waals surface area contributed by atoms with Crippen molar-refractivity contribution >= 4 is 44.2 Å². The summed E-state index contributed by atoms with van der Waals surface area (Å²) in [7, 11) is -2.12. The molecule has 8 nitrogen and oxygen atoms in total. The molecule has 3 heterocycles. The molecule has 0 spiro atoms. The monoisotopic (exact) mass is 420 g/mol. The van der Waals surface area contributed by atoms with Gasteiger partial charge in [0, 0.05) is 41.0 Å². The number of aromatic nitrogens is 2. The fourth-order valence-electron chi connectivity index (χ4n) is 3.55. The first kappa shape index (κ1) is 18.3. The summed E-state index contributed by atoms with van der Waals surface area (Å²) in [6.07, 6.45) is 3.44. The molecule has 0 atom stereocenters. The number of sulfonamides is 1. The molecular weight excluding hydrogens is 404 g/mol. The van der Waals surface area contributed by atoms with Crippen molar-refractivity contribution in [1.82, 2.24) is 9.78 Å². The third kappa shape index (κ3) is 3.00. The average molecular weight is 420 g/mol. The van der Waals surface area contributed by atoms with E-state index in [0.29, 0.717) is 33.8 Å². The molecule has 0 saturated heterocycles. The number of anilines is 1. The van der Waals surface area contributed by atoms with E-state index in [4.69, 9.17) is 9.56 Å². The minimum atomic E-state index is -3.90. The number of primary sulfonamides is 1. The molecule has 1 aliphatic rings. The predicted molar refractivity (Wildman–Crippen MR) is 113 cm³/mol. The van der Waals surface area contributed by atoms with Gasteiger partial charge in [-0.1, -0.05) is 18.2 Å². The van der Waals surface area contributed by atoms with Crippen LogP contribution in [0.4, 0.5) is 5.69 Å². The fraction of sp³-hybridized carbons (Fsp3) is 0.0476. The number of nitrogens with one attached hydrogen (secondary N) is 1. The van der Waals surface area contributed by atoms with Gasteiger partial charge in [-0.15, -0.1) is 0 Å². The molecule has 150 valence electrons. The molecule has 3 N–H and O–H groups in total. The van der Waals surface area contributed by atoms with Crippen LogP contribution < -0.4 is 10.5 Å². The van der Waals surface area contributed by atoms with Crippen LogP contribution in [-0.2, 0) is 21.9 Å². The molecule has 1 aliphatic heterocycles. The average Bonchev–Trinajstić information content (AvgIpc) is 3.36. The van der Waals surface area contributed by atoms with E-state index in [1.54, 1.807) is 24.0 Å². The van der Waals surface area contributed by atoms with E-state index >= 15 is 0 Å². The standard InChI is InChI=1S/C21H16N4O4S/c1-25-11-13(20(24-25)19-9-12-4-2-3-5-18(12)29-19)8-16-15-10-14(30(22,27)28)6-7-17(15)23-21(16)26/h2-11H,1H3,(H,23,26)(H2,22,27,28)/b16-8-. The second-order valence-corrected chi connectivity index (χ2v) is 8.58. The van der Waals surface area contributed by atoms with Gasteiger partial charge in [-0.25, -0.2) is 13.6 Å². The van der Waals surface area contributed by atoms with Crippen LogP contribution in [-0.4, -0.2) is 24.1 Å². The van der Waals surface area contributed by atoms with Gasteiger partial charge in [0.1, 0.15) is 11.3 Å². The van der Waals surface area contributed by atoms with E-state index < -0.39 is 10.0 Å². The molecule has 4 aromatic rings. The summed E-state index contributed by atoms with van der Waals surface area (Å²) in [6, 6.07) is 13.8. The van der Waals surface area contributed by atoms with E-state index in [1.807, 2.05) is 30.3 Å². The molecule has 30 heavy (non-hydrogen) atoms. The second-order valence-electron chi connectivity index (χ2n) is 7.02. The zero-order valence-corrected chi connectivity index (χ0v) is 16.6. The van der Waals surface area contributed by atoms with Gasteiger partial charge in [0.2, 0.25) is 10.0 Å². The number of benzene rings is 2. The lowest BCUT2D eigenvalue weighted by Crippen LogP contribution is -2.12. The van der Waals surface area contributed by atoms with Gasteiger partial charge < -0.3 is 9.73 Å². The molecule has 0 unspecified atom stereocenters. The van der Waals surface area contributed by atoms with Crippen molar-refractivity contribution < 1.29 is 17.6 Å². The Balaban J connectivity index is 1.66. The minimum absolute atomic E-state index is 0.0626. The van der Waals surface area contributed by atoms with Crippen molar-refractivity contribution in [3.05, 3.63) is 65.9 Å². The first-order valence-electron chi connectivity index (χ1n) is 9.02. The minimum Gasteiger partial charge on any atom is -0.454 e. The maximum Gasteiger partial charge on any atom is 0.256 e. The number of rotatable bonds is 3. The Morgan fingerprint density at radius 2 is 1.97 bits per heavy atom. The number of carbonyl (C=O) groups is 1. The molecule has 0 bridgehead atoms. The summed E-state index contributed by atoms with van der Waals surface area (Å²) in [5, 5.41) is 13.4. The van der Waals surface area contributed by atoms with Crippen molar-refractivity contribution in [1.29, 1.82) is 0 Å². The highest BCUT2D eigenvalue weighted by atomic mass is 32.2. The first-order chi connectivity index (χ1) is 14.3. The van der Waals surface area contributed by atoms with Crippen LogP contribution in [0, 0.1) is 0 Å². The number of hydrogen-bond donors (Lipinski definition) is 2. The Morgan fingerprint density at radius 1 is 1.17 bits per heavy atom. The van der Waals surface area contributed by atoms with Gasteiger partial charge in [-0.05, 0) is 36.4 Å². The van der Waals surface area contributed by atoms with Gasteiger partial charge in [0.25, 0.3) is 5.91 Å². The summed E-state index contributed by atoms with van der Waals surface area (Å²) >= 11 is 0. The van der Waals surface area contributed by atoms with E-state index in [9.17, 15) is 13.2 Å². The largest absolute Gasteiger partial charge is 0.454 e. The molecule has 0 fully saturated rings. The highest BCUT2D eigenvalue weighted by Crippen LogP contribution is 2.36. The number of para-hydroxylation sites is 1. The molecule has 1 amide bonds. The van der Waals surface area contributed by atoms with Crippen molar-refractivity contribution in [2.24, 2.45) is 12.2 Å². The number of nitrogens with zero attached hydrogens (tertiary/aromatic N) is 2. The van der Waals surface area contributed by atoms with Gasteiger partial charge >= 0.3 is 0 Å². The van der Waals surface area contributed by atoms with E-state index in [1.165, 1.54) is 18.2 Å². The number of carbonyl (C=O) groups excluding carboxylic acids is 1. The van der Waals surface area contributed by atoms with Gasteiger partial charge in [0.15, 0.2) is 5.76 Å². The van der Waals surface area contributed by atoms with Crippen LogP contribution in [0.3, 0.4) is 0 Å². The lowest BCUT2D eigenvalue weighted by atomic mass is 10.0. The Labute approximate surface area is 171 Å². The molecule has 2 aromatic heterocycles. The van der Waals surface area contributed by atoms with E-state index in [0.717, 1.165) is 11.0 Å². The number of aryl methyl sites for hydroxylation is 1. The number of hydrogen-bond acceptors (Lipinski definition) is 5. The third-order valence-electron chi connectivity index (χ3n) is 4.92. The normalized spacial score (nSPS) is 15.0. The fourth-order valence-corrected chi connectivity index (χ4v) is 4.09. The van der Waals surface area contributed by atoms with Crippen molar-refractivity contribution in [3.8, 4) is 11.5 Å². The second kappa shape index (κ2) is 6.41. The summed E-state index contributed by atoms with van der Waals surface area (Å²) in [5.74, 6) is 0.233. The van der Waals surface area contributed by atoms with Crippen LogP contribution in [0.15, 0.2) is 64.0 Å². The molecular formula is C21H16N4O4S. The lowest BCUT2D eigenvalue weighted by Gasteiger charge is -2.02. The maximum absolute atomic E-state index is 12.6.